The Morgan fingerprint density at radius 2 is 1.61 bits per heavy atom. The molecule has 0 aliphatic rings. The first-order valence-electron chi connectivity index (χ1n) is 5.88. The molecule has 2 rings (SSSR count). The Labute approximate surface area is 107 Å². The second kappa shape index (κ2) is 4.61. The van der Waals surface area contributed by atoms with Crippen molar-refractivity contribution >= 4 is 11.4 Å². The number of hydrogen-bond acceptors (Lipinski definition) is 3. The smallest absolute Gasteiger partial charge is 0.130 e. The maximum Gasteiger partial charge on any atom is 0.130 e. The Morgan fingerprint density at radius 3 is 2.28 bits per heavy atom. The van der Waals surface area contributed by atoms with Gasteiger partial charge in [0.1, 0.15) is 11.5 Å². The van der Waals surface area contributed by atoms with Crippen LogP contribution in [0.25, 0.3) is 0 Å². The third-order valence-electron chi connectivity index (χ3n) is 3.05. The van der Waals surface area contributed by atoms with Crippen LogP contribution in [0.4, 0.5) is 11.4 Å². The van der Waals surface area contributed by atoms with Crippen molar-refractivity contribution in [1.82, 2.24) is 0 Å². The topological polar surface area (TPSA) is 61.3 Å². The van der Waals surface area contributed by atoms with Gasteiger partial charge in [-0.05, 0) is 55.7 Å². The minimum Gasteiger partial charge on any atom is -0.457 e. The average molecular weight is 242 g/mol. The van der Waals surface area contributed by atoms with Gasteiger partial charge < -0.3 is 16.2 Å². The Balaban J connectivity index is 2.36. The monoisotopic (exact) mass is 242 g/mol. The zero-order valence-corrected chi connectivity index (χ0v) is 10.9. The first-order chi connectivity index (χ1) is 8.47. The fourth-order valence-electron chi connectivity index (χ4n) is 1.85. The van der Waals surface area contributed by atoms with Gasteiger partial charge in [-0.3, -0.25) is 0 Å². The second-order valence-corrected chi connectivity index (χ2v) is 4.60. The molecule has 4 N–H and O–H groups in total. The molecule has 0 aliphatic carbocycles. The maximum absolute atomic E-state index is 5.87. The molecule has 3 heteroatoms. The third-order valence-corrected chi connectivity index (χ3v) is 3.05. The molecular weight excluding hydrogens is 224 g/mol. The zero-order valence-electron chi connectivity index (χ0n) is 10.9. The molecule has 2 aromatic carbocycles. The quantitative estimate of drug-likeness (QED) is 0.791. The van der Waals surface area contributed by atoms with Gasteiger partial charge in [-0.1, -0.05) is 6.07 Å². The summed E-state index contributed by atoms with van der Waals surface area (Å²) in [6.07, 6.45) is 0. The Kier molecular flexibility index (Phi) is 3.15. The summed E-state index contributed by atoms with van der Waals surface area (Å²) in [4.78, 5) is 0. The van der Waals surface area contributed by atoms with Crippen LogP contribution in [0, 0.1) is 20.8 Å². The molecule has 0 aromatic heterocycles. The first-order valence-corrected chi connectivity index (χ1v) is 5.88. The number of ether oxygens (including phenoxy) is 1. The summed E-state index contributed by atoms with van der Waals surface area (Å²) in [5.74, 6) is 1.56. The Morgan fingerprint density at radius 1 is 0.889 bits per heavy atom. The highest BCUT2D eigenvalue weighted by Crippen LogP contribution is 2.30. The van der Waals surface area contributed by atoms with Gasteiger partial charge in [0.05, 0.1) is 11.4 Å². The molecule has 0 atom stereocenters. The van der Waals surface area contributed by atoms with Crippen molar-refractivity contribution in [2.24, 2.45) is 0 Å². The molecule has 0 fully saturated rings. The van der Waals surface area contributed by atoms with Crippen molar-refractivity contribution in [3.8, 4) is 11.5 Å². The van der Waals surface area contributed by atoms with E-state index in [-0.39, 0.29) is 0 Å². The van der Waals surface area contributed by atoms with Crippen LogP contribution in [0.15, 0.2) is 30.3 Å². The Hall–Kier alpha value is -2.16. The number of benzene rings is 2. The minimum atomic E-state index is 0.537. The molecule has 0 unspecified atom stereocenters. The van der Waals surface area contributed by atoms with E-state index in [1.54, 1.807) is 12.1 Å². The van der Waals surface area contributed by atoms with Crippen LogP contribution in [0.1, 0.15) is 16.7 Å². The van der Waals surface area contributed by atoms with E-state index in [4.69, 9.17) is 16.2 Å². The minimum absolute atomic E-state index is 0.537. The molecule has 0 bridgehead atoms. The van der Waals surface area contributed by atoms with Gasteiger partial charge in [-0.15, -0.1) is 0 Å². The molecule has 2 aromatic rings. The highest BCUT2D eigenvalue weighted by molar-refractivity contribution is 5.65. The molecule has 0 heterocycles. The summed E-state index contributed by atoms with van der Waals surface area (Å²) in [7, 11) is 0. The van der Waals surface area contributed by atoms with Crippen LogP contribution in [-0.4, -0.2) is 0 Å². The molecule has 0 radical (unpaired) electrons. The lowest BCUT2D eigenvalue weighted by atomic mass is 10.1. The summed E-state index contributed by atoms with van der Waals surface area (Å²) >= 11 is 0. The number of nitrogens with two attached hydrogens (primary N) is 2. The van der Waals surface area contributed by atoms with Crippen molar-refractivity contribution in [1.29, 1.82) is 0 Å². The number of aryl methyl sites for hydroxylation is 2. The van der Waals surface area contributed by atoms with E-state index >= 15 is 0 Å². The van der Waals surface area contributed by atoms with Crippen LogP contribution in [0.3, 0.4) is 0 Å². The van der Waals surface area contributed by atoms with Crippen LogP contribution in [0.2, 0.25) is 0 Å². The van der Waals surface area contributed by atoms with Crippen molar-refractivity contribution in [3.05, 3.63) is 47.0 Å². The molecule has 94 valence electrons. The van der Waals surface area contributed by atoms with E-state index in [0.717, 1.165) is 11.3 Å². The van der Waals surface area contributed by atoms with Gasteiger partial charge in [0.15, 0.2) is 0 Å². The van der Waals surface area contributed by atoms with Crippen molar-refractivity contribution < 1.29 is 4.74 Å². The molecular formula is C15H18N2O. The van der Waals surface area contributed by atoms with Crippen LogP contribution >= 0.6 is 0 Å². The SMILES string of the molecule is Cc1cc(C)c(C)c(Oc2ccc(N)c(N)c2)c1. The van der Waals surface area contributed by atoms with E-state index < -0.39 is 0 Å². The Bertz CT molecular complexity index is 591. The van der Waals surface area contributed by atoms with Crippen molar-refractivity contribution in [2.75, 3.05) is 11.5 Å². The molecule has 18 heavy (non-hydrogen) atoms. The predicted octanol–water partition coefficient (Wildman–Crippen LogP) is 3.57. The molecule has 3 nitrogen and oxygen atoms in total. The van der Waals surface area contributed by atoms with E-state index in [9.17, 15) is 0 Å². The lowest BCUT2D eigenvalue weighted by Crippen LogP contribution is -1.96. The summed E-state index contributed by atoms with van der Waals surface area (Å²) in [5.41, 5.74) is 16.1. The van der Waals surface area contributed by atoms with Gasteiger partial charge in [0.2, 0.25) is 0 Å². The first kappa shape index (κ1) is 12.3. The van der Waals surface area contributed by atoms with Gasteiger partial charge in [-0.25, -0.2) is 0 Å². The number of nitrogen functional groups attached to an aromatic ring is 2. The second-order valence-electron chi connectivity index (χ2n) is 4.60. The van der Waals surface area contributed by atoms with Crippen LogP contribution in [-0.2, 0) is 0 Å². The van der Waals surface area contributed by atoms with Crippen LogP contribution in [0.5, 0.6) is 11.5 Å². The maximum atomic E-state index is 5.87. The number of hydrogen-bond donors (Lipinski definition) is 2. The van der Waals surface area contributed by atoms with Crippen molar-refractivity contribution in [3.63, 3.8) is 0 Å². The van der Waals surface area contributed by atoms with E-state index in [2.05, 4.69) is 19.9 Å². The van der Waals surface area contributed by atoms with Crippen molar-refractivity contribution in [2.45, 2.75) is 20.8 Å². The summed E-state index contributed by atoms with van der Waals surface area (Å²) in [5, 5.41) is 0. The zero-order chi connectivity index (χ0) is 13.3. The third kappa shape index (κ3) is 2.40. The van der Waals surface area contributed by atoms with Crippen LogP contribution < -0.4 is 16.2 Å². The van der Waals surface area contributed by atoms with Gasteiger partial charge in [-0.2, -0.15) is 0 Å². The summed E-state index contributed by atoms with van der Waals surface area (Å²) in [6, 6.07) is 9.48. The van der Waals surface area contributed by atoms with Gasteiger partial charge >= 0.3 is 0 Å². The average Bonchev–Trinajstić information content (AvgIpc) is 2.30. The largest absolute Gasteiger partial charge is 0.457 e. The fourth-order valence-corrected chi connectivity index (χ4v) is 1.85. The number of rotatable bonds is 2. The van der Waals surface area contributed by atoms with Gasteiger partial charge in [0, 0.05) is 6.07 Å². The predicted molar refractivity (Wildman–Crippen MR) is 76.0 cm³/mol. The normalized spacial score (nSPS) is 10.4. The lowest BCUT2D eigenvalue weighted by Gasteiger charge is -2.12. The molecule has 0 saturated carbocycles. The molecule has 0 saturated heterocycles. The fraction of sp³-hybridized carbons (Fsp3) is 0.200. The van der Waals surface area contributed by atoms with E-state index in [1.165, 1.54) is 11.1 Å². The number of anilines is 2. The van der Waals surface area contributed by atoms with E-state index in [1.807, 2.05) is 19.1 Å². The molecule has 0 spiro atoms. The highest BCUT2D eigenvalue weighted by Gasteiger charge is 2.06. The summed E-state index contributed by atoms with van der Waals surface area (Å²) in [6.45, 7) is 6.17. The lowest BCUT2D eigenvalue weighted by molar-refractivity contribution is 0.478. The molecule has 0 aliphatic heterocycles. The van der Waals surface area contributed by atoms with E-state index in [0.29, 0.717) is 17.1 Å². The highest BCUT2D eigenvalue weighted by atomic mass is 16.5. The van der Waals surface area contributed by atoms with Gasteiger partial charge in [0.25, 0.3) is 0 Å². The molecule has 0 amide bonds. The standard InChI is InChI=1S/C15H18N2O/c1-9-6-10(2)11(3)15(7-9)18-12-4-5-13(16)14(17)8-12/h4-8H,16-17H2,1-3H3. The summed E-state index contributed by atoms with van der Waals surface area (Å²) < 4.78 is 5.87.